The molecule has 0 atom stereocenters. The predicted molar refractivity (Wildman–Crippen MR) is 92.8 cm³/mol. The first-order valence-corrected chi connectivity index (χ1v) is 7.15. The minimum atomic E-state index is -0.439. The van der Waals surface area contributed by atoms with Crippen LogP contribution in [-0.2, 0) is 26.4 Å². The molecular weight excluding hydrogens is 371 g/mol. The van der Waals surface area contributed by atoms with Gasteiger partial charge in [-0.2, -0.15) is 4.57 Å². The Morgan fingerprint density at radius 2 is 1.60 bits per heavy atom. The molecule has 25 heavy (non-hydrogen) atoms. The van der Waals surface area contributed by atoms with E-state index in [2.05, 4.69) is 4.98 Å². The molecule has 0 unspecified atom stereocenters. The summed E-state index contributed by atoms with van der Waals surface area (Å²) in [6.45, 7) is 2.29. The van der Waals surface area contributed by atoms with Crippen LogP contribution in [0.2, 0.25) is 0 Å². The minimum Gasteiger partial charge on any atom is -0.868 e. The van der Waals surface area contributed by atoms with Gasteiger partial charge in [-0.25, -0.2) is 0 Å². The summed E-state index contributed by atoms with van der Waals surface area (Å²) in [6, 6.07) is 0. The summed E-state index contributed by atoms with van der Waals surface area (Å²) in [5.41, 5.74) is 2.25. The van der Waals surface area contributed by atoms with Gasteiger partial charge in [0, 0.05) is 29.8 Å². The number of hydrogen-bond donors (Lipinski definition) is 4. The molecule has 0 aliphatic carbocycles. The molecule has 2 aromatic rings. The molecule has 0 saturated heterocycles. The van der Waals surface area contributed by atoms with Crippen LogP contribution < -0.4 is 9.67 Å². The van der Waals surface area contributed by atoms with Crippen LogP contribution in [0.4, 0.5) is 0 Å². The molecule has 0 spiro atoms. The zero-order valence-electron chi connectivity index (χ0n) is 13.9. The molecule has 2 heterocycles. The first-order valence-electron chi connectivity index (χ1n) is 7.15. The van der Waals surface area contributed by atoms with Crippen molar-refractivity contribution in [3.05, 3.63) is 46.0 Å². The van der Waals surface area contributed by atoms with E-state index >= 15 is 0 Å². The second kappa shape index (κ2) is 9.74. The van der Waals surface area contributed by atoms with E-state index < -0.39 is 6.61 Å². The van der Waals surface area contributed by atoms with Gasteiger partial charge in [-0.1, -0.05) is 0 Å². The molecule has 0 aliphatic rings. The third-order valence-corrected chi connectivity index (χ3v) is 3.99. The molecule has 7 nitrogen and oxygen atoms in total. The smallest absolute Gasteiger partial charge is 0.176 e. The van der Waals surface area contributed by atoms with Crippen LogP contribution in [-0.4, -0.2) is 25.4 Å². The van der Waals surface area contributed by atoms with Gasteiger partial charge in [0.1, 0.15) is 5.75 Å². The fourth-order valence-corrected chi connectivity index (χ4v) is 2.51. The van der Waals surface area contributed by atoms with Gasteiger partial charge in [-0.15, -0.1) is 24.8 Å². The highest BCUT2D eigenvalue weighted by atomic mass is 35.5. The highest BCUT2D eigenvalue weighted by Gasteiger charge is 2.19. The molecular formula is C16H22Cl2N2O5. The first kappa shape index (κ1) is 23.4. The van der Waals surface area contributed by atoms with Crippen molar-refractivity contribution in [1.82, 2.24) is 4.98 Å². The van der Waals surface area contributed by atoms with E-state index in [1.54, 1.807) is 24.6 Å². The summed E-state index contributed by atoms with van der Waals surface area (Å²) in [4.78, 5) is 4.07. The molecule has 0 aromatic carbocycles. The van der Waals surface area contributed by atoms with Crippen molar-refractivity contribution in [2.75, 3.05) is 0 Å². The van der Waals surface area contributed by atoms with E-state index in [1.165, 1.54) is 6.20 Å². The molecule has 0 fully saturated rings. The van der Waals surface area contributed by atoms with Crippen LogP contribution in [0.5, 0.6) is 11.5 Å². The highest BCUT2D eigenvalue weighted by Crippen LogP contribution is 2.25. The zero-order chi connectivity index (χ0) is 17.1. The largest absolute Gasteiger partial charge is 0.868 e. The van der Waals surface area contributed by atoms with Crippen LogP contribution in [0.15, 0.2) is 12.4 Å². The SMILES string of the molecule is Cc1ncc(C[n+]2cc(CO)c(CO)c([O-])c2C)c(CO)c1O.Cl.Cl. The number of aryl methyl sites for hydroxylation is 1. The summed E-state index contributed by atoms with van der Waals surface area (Å²) in [5.74, 6) is -0.408. The number of aliphatic hydroxyl groups excluding tert-OH is 3. The molecule has 4 N–H and O–H groups in total. The minimum absolute atomic E-state index is 0. The van der Waals surface area contributed by atoms with Gasteiger partial charge in [-0.05, 0) is 18.2 Å². The number of hydrogen-bond acceptors (Lipinski definition) is 6. The van der Waals surface area contributed by atoms with Crippen molar-refractivity contribution >= 4 is 24.8 Å². The Kier molecular flexibility index (Phi) is 9.10. The maximum Gasteiger partial charge on any atom is 0.176 e. The Morgan fingerprint density at radius 1 is 1.00 bits per heavy atom. The van der Waals surface area contributed by atoms with E-state index in [4.69, 9.17) is 0 Å². The van der Waals surface area contributed by atoms with Crippen molar-refractivity contribution in [2.24, 2.45) is 0 Å². The maximum absolute atomic E-state index is 12.3. The summed E-state index contributed by atoms with van der Waals surface area (Å²) >= 11 is 0. The number of nitrogens with zero attached hydrogens (tertiary/aromatic N) is 2. The Balaban J connectivity index is 0.00000288. The predicted octanol–water partition coefficient (Wildman–Crippen LogP) is 0.134. The number of pyridine rings is 2. The van der Waals surface area contributed by atoms with Crippen molar-refractivity contribution in [1.29, 1.82) is 0 Å². The lowest BCUT2D eigenvalue weighted by Crippen LogP contribution is -2.40. The molecule has 0 radical (unpaired) electrons. The lowest BCUT2D eigenvalue weighted by molar-refractivity contribution is -0.697. The quantitative estimate of drug-likeness (QED) is 0.536. The van der Waals surface area contributed by atoms with Crippen LogP contribution in [0.1, 0.15) is 33.6 Å². The van der Waals surface area contributed by atoms with E-state index in [-0.39, 0.29) is 61.6 Å². The fraction of sp³-hybridized carbons (Fsp3) is 0.375. The van der Waals surface area contributed by atoms with Gasteiger partial charge >= 0.3 is 0 Å². The van der Waals surface area contributed by atoms with Gasteiger partial charge in [0.25, 0.3) is 0 Å². The third-order valence-electron chi connectivity index (χ3n) is 3.99. The molecule has 0 amide bonds. The van der Waals surface area contributed by atoms with Crippen LogP contribution in [0.25, 0.3) is 0 Å². The summed E-state index contributed by atoms with van der Waals surface area (Å²) < 4.78 is 1.61. The number of halogens is 2. The molecule has 0 bridgehead atoms. The average molecular weight is 393 g/mol. The van der Waals surface area contributed by atoms with Crippen molar-refractivity contribution < 1.29 is 30.1 Å². The Labute approximate surface area is 158 Å². The van der Waals surface area contributed by atoms with E-state index in [0.29, 0.717) is 28.1 Å². The third kappa shape index (κ3) is 4.50. The summed E-state index contributed by atoms with van der Waals surface area (Å²) in [5, 5.41) is 50.4. The fourth-order valence-electron chi connectivity index (χ4n) is 2.51. The number of aromatic hydroxyl groups is 1. The van der Waals surface area contributed by atoms with Crippen molar-refractivity contribution in [3.8, 4) is 11.5 Å². The van der Waals surface area contributed by atoms with E-state index in [0.717, 1.165) is 0 Å². The van der Waals surface area contributed by atoms with Gasteiger partial charge in [0.05, 0.1) is 25.5 Å². The lowest BCUT2D eigenvalue weighted by Gasteiger charge is -2.18. The summed E-state index contributed by atoms with van der Waals surface area (Å²) in [6.07, 6.45) is 3.12. The standard InChI is InChI=1S/C16H20N2O5.2ClH/c1-9-15(22)13(7-20)11(3-17-9)4-18-5-12(6-19)14(8-21)16(23)10(18)2;;/h3,5,19-21H,4,6-8H2,1-2H3,(H-,22,23);2*1H. The molecule has 2 rings (SSSR count). The normalized spacial score (nSPS) is 10.1. The molecule has 9 heteroatoms. The Hall–Kier alpha value is -1.64. The molecule has 2 aromatic heterocycles. The molecule has 140 valence electrons. The number of rotatable bonds is 5. The van der Waals surface area contributed by atoms with E-state index in [1.807, 2.05) is 0 Å². The Morgan fingerprint density at radius 3 is 2.12 bits per heavy atom. The van der Waals surface area contributed by atoms with Crippen LogP contribution >= 0.6 is 24.8 Å². The highest BCUT2D eigenvalue weighted by molar-refractivity contribution is 5.85. The molecule has 0 saturated carbocycles. The van der Waals surface area contributed by atoms with Crippen molar-refractivity contribution in [3.63, 3.8) is 0 Å². The second-order valence-electron chi connectivity index (χ2n) is 5.35. The monoisotopic (exact) mass is 392 g/mol. The Bertz CT molecular complexity index is 741. The zero-order valence-corrected chi connectivity index (χ0v) is 15.5. The van der Waals surface area contributed by atoms with Crippen LogP contribution in [0, 0.1) is 13.8 Å². The number of aromatic nitrogens is 2. The lowest BCUT2D eigenvalue weighted by atomic mass is 10.1. The van der Waals surface area contributed by atoms with Gasteiger partial charge in [0.15, 0.2) is 18.4 Å². The number of aliphatic hydroxyl groups is 3. The van der Waals surface area contributed by atoms with Crippen LogP contribution in [0.3, 0.4) is 0 Å². The first-order chi connectivity index (χ1) is 10.9. The maximum atomic E-state index is 12.3. The van der Waals surface area contributed by atoms with Gasteiger partial charge in [0.2, 0.25) is 0 Å². The van der Waals surface area contributed by atoms with Gasteiger partial charge in [-0.3, -0.25) is 4.98 Å². The topological polar surface area (TPSA) is 121 Å². The second-order valence-corrected chi connectivity index (χ2v) is 5.35. The molecule has 0 aliphatic heterocycles. The van der Waals surface area contributed by atoms with E-state index in [9.17, 15) is 25.5 Å². The van der Waals surface area contributed by atoms with Gasteiger partial charge < -0.3 is 25.5 Å². The average Bonchev–Trinajstić information content (AvgIpc) is 2.55. The van der Waals surface area contributed by atoms with Crippen molar-refractivity contribution in [2.45, 2.75) is 40.2 Å². The summed E-state index contributed by atoms with van der Waals surface area (Å²) in [7, 11) is 0.